The van der Waals surface area contributed by atoms with Gasteiger partial charge in [0, 0.05) is 13.1 Å². The van der Waals surface area contributed by atoms with Gasteiger partial charge in [-0.3, -0.25) is 0 Å². The van der Waals surface area contributed by atoms with Crippen LogP contribution in [-0.2, 0) is 0 Å². The fourth-order valence-electron chi connectivity index (χ4n) is 0.247. The van der Waals surface area contributed by atoms with Gasteiger partial charge in [-0.05, 0) is 19.3 Å². The quantitative estimate of drug-likeness (QED) is 0.538. The molecule has 0 saturated carbocycles. The molecule has 0 aliphatic rings. The van der Waals surface area contributed by atoms with Gasteiger partial charge in [-0.15, -0.1) is 0 Å². The van der Waals surface area contributed by atoms with Crippen LogP contribution in [-0.4, -0.2) is 23.3 Å². The first kappa shape index (κ1) is 2.46. The molecule has 2 nitrogen and oxygen atoms in total. The summed E-state index contributed by atoms with van der Waals surface area (Å²) >= 11 is 0. The van der Waals surface area contributed by atoms with Gasteiger partial charge in [0.05, 0.1) is 5.48 Å². The van der Waals surface area contributed by atoms with E-state index in [9.17, 15) is 0 Å². The standard InChI is InChI=1S/C5H12O2/c6-4-2-1-3-5-7/h6-7H,1-5H2/i4D2,5D2. The van der Waals surface area contributed by atoms with E-state index in [0.717, 1.165) is 0 Å². The first-order valence-corrected chi connectivity index (χ1v) is 2.15. The average molecular weight is 108 g/mol. The predicted molar refractivity (Wildman–Crippen MR) is 28.0 cm³/mol. The molecule has 0 radical (unpaired) electrons. The van der Waals surface area contributed by atoms with Crippen LogP contribution >= 0.6 is 0 Å². The Hall–Kier alpha value is -0.0800. The summed E-state index contributed by atoms with van der Waals surface area (Å²) in [5.74, 6) is 0. The maximum Gasteiger partial charge on any atom is 0.0564 e. The largest absolute Gasteiger partial charge is 0.396 e. The fraction of sp³-hybridized carbons (Fsp3) is 1.00. The molecule has 7 heavy (non-hydrogen) atoms. The molecule has 44 valence electrons. The predicted octanol–water partition coefficient (Wildman–Crippen LogP) is 0.141. The monoisotopic (exact) mass is 108 g/mol. The number of hydrogen-bond acceptors (Lipinski definition) is 2. The molecule has 0 aromatic heterocycles. The first-order chi connectivity index (χ1) is 4.71. The van der Waals surface area contributed by atoms with E-state index in [-0.39, 0.29) is 19.3 Å². The fourth-order valence-corrected chi connectivity index (χ4v) is 0.247. The minimum Gasteiger partial charge on any atom is -0.396 e. The Labute approximate surface area is 49.4 Å². The first-order valence-electron chi connectivity index (χ1n) is 4.15. The van der Waals surface area contributed by atoms with Crippen molar-refractivity contribution in [1.29, 1.82) is 0 Å². The van der Waals surface area contributed by atoms with E-state index in [1.54, 1.807) is 0 Å². The van der Waals surface area contributed by atoms with Crippen LogP contribution in [0.1, 0.15) is 24.7 Å². The Morgan fingerprint density at radius 1 is 1.00 bits per heavy atom. The van der Waals surface area contributed by atoms with Crippen molar-refractivity contribution in [3.63, 3.8) is 0 Å². The second-order valence-corrected chi connectivity index (χ2v) is 1.17. The van der Waals surface area contributed by atoms with Gasteiger partial charge in [0.15, 0.2) is 0 Å². The smallest absolute Gasteiger partial charge is 0.0564 e. The zero-order chi connectivity index (χ0) is 9.12. The van der Waals surface area contributed by atoms with Gasteiger partial charge in [0.2, 0.25) is 0 Å². The molecule has 2 heteroatoms. The van der Waals surface area contributed by atoms with Crippen molar-refractivity contribution >= 4 is 0 Å². The summed E-state index contributed by atoms with van der Waals surface area (Å²) in [6, 6.07) is 0. The van der Waals surface area contributed by atoms with E-state index in [4.69, 9.17) is 15.7 Å². The molecule has 0 bridgehead atoms. The third-order valence-electron chi connectivity index (χ3n) is 0.577. The average Bonchev–Trinajstić information content (AvgIpc) is 1.55. The molecule has 0 aliphatic carbocycles. The Morgan fingerprint density at radius 2 is 1.43 bits per heavy atom. The molecule has 0 heterocycles. The van der Waals surface area contributed by atoms with E-state index in [1.165, 1.54) is 0 Å². The summed E-state index contributed by atoms with van der Waals surface area (Å²) < 4.78 is 26.6. The van der Waals surface area contributed by atoms with Crippen molar-refractivity contribution < 1.29 is 15.7 Å². The normalized spacial score (nSPS) is 22.0. The zero-order valence-electron chi connectivity index (χ0n) is 8.02. The maximum atomic E-state index is 8.54. The van der Waals surface area contributed by atoms with Crippen LogP contribution in [0.5, 0.6) is 0 Å². The molecule has 0 aliphatic heterocycles. The lowest BCUT2D eigenvalue weighted by atomic mass is 10.2. The number of aliphatic hydroxyl groups is 2. The van der Waals surface area contributed by atoms with Crippen LogP contribution in [0.4, 0.5) is 0 Å². The lowest BCUT2D eigenvalue weighted by Gasteiger charge is -1.90. The second kappa shape index (κ2) is 5.92. The van der Waals surface area contributed by atoms with Crippen molar-refractivity contribution in [2.75, 3.05) is 13.1 Å². The third-order valence-corrected chi connectivity index (χ3v) is 0.577. The van der Waals surface area contributed by atoms with Gasteiger partial charge >= 0.3 is 0 Å². The van der Waals surface area contributed by atoms with E-state index in [0.29, 0.717) is 0 Å². The summed E-state index contributed by atoms with van der Waals surface area (Å²) in [5.41, 5.74) is 0. The van der Waals surface area contributed by atoms with Crippen LogP contribution < -0.4 is 0 Å². The lowest BCUT2D eigenvalue weighted by molar-refractivity contribution is 0.257. The van der Waals surface area contributed by atoms with Gasteiger partial charge in [0.1, 0.15) is 0 Å². The van der Waals surface area contributed by atoms with Crippen LogP contribution in [0.25, 0.3) is 0 Å². The highest BCUT2D eigenvalue weighted by molar-refractivity contribution is 4.35. The van der Waals surface area contributed by atoms with Crippen LogP contribution in [0.3, 0.4) is 0 Å². The van der Waals surface area contributed by atoms with Crippen molar-refractivity contribution in [2.24, 2.45) is 0 Å². The minimum atomic E-state index is -2.26. The summed E-state index contributed by atoms with van der Waals surface area (Å²) in [7, 11) is 0. The van der Waals surface area contributed by atoms with E-state index in [2.05, 4.69) is 0 Å². The molecule has 0 aromatic carbocycles. The second-order valence-electron chi connectivity index (χ2n) is 1.17. The van der Waals surface area contributed by atoms with Crippen molar-refractivity contribution in [3.8, 4) is 0 Å². The van der Waals surface area contributed by atoms with Crippen LogP contribution in [0, 0.1) is 0 Å². The summed E-state index contributed by atoms with van der Waals surface area (Å²) in [5, 5.41) is 17.1. The summed E-state index contributed by atoms with van der Waals surface area (Å²) in [6.07, 6.45) is -0.201. The maximum absolute atomic E-state index is 8.54. The zero-order valence-corrected chi connectivity index (χ0v) is 4.02. The Bertz CT molecular complexity index is 101. The SMILES string of the molecule is [2H]C([2H])(O)CCCC([2H])([2H])O. The minimum absolute atomic E-state index is 0.118. The van der Waals surface area contributed by atoms with Gasteiger partial charge in [-0.1, -0.05) is 0 Å². The van der Waals surface area contributed by atoms with E-state index >= 15 is 0 Å². The van der Waals surface area contributed by atoms with E-state index in [1.807, 2.05) is 0 Å². The van der Waals surface area contributed by atoms with Crippen LogP contribution in [0.15, 0.2) is 0 Å². The topological polar surface area (TPSA) is 40.5 Å². The van der Waals surface area contributed by atoms with Gasteiger partial charge in [-0.2, -0.15) is 0 Å². The molecule has 0 unspecified atom stereocenters. The lowest BCUT2D eigenvalue weighted by Crippen LogP contribution is -1.85. The molecule has 0 rings (SSSR count). The molecule has 0 aromatic rings. The highest BCUT2D eigenvalue weighted by Crippen LogP contribution is 1.90. The molecule has 0 fully saturated rings. The Balaban J connectivity index is 3.44. The summed E-state index contributed by atoms with van der Waals surface area (Å²) in [6.45, 7) is -4.52. The highest BCUT2D eigenvalue weighted by Gasteiger charge is 1.81. The summed E-state index contributed by atoms with van der Waals surface area (Å²) in [4.78, 5) is 0. The highest BCUT2D eigenvalue weighted by atomic mass is 16.3. The van der Waals surface area contributed by atoms with Crippen LogP contribution in [0.2, 0.25) is 0 Å². The van der Waals surface area contributed by atoms with Crippen molar-refractivity contribution in [1.82, 2.24) is 0 Å². The molecular weight excluding hydrogens is 92.1 g/mol. The van der Waals surface area contributed by atoms with Gasteiger partial charge in [0.25, 0.3) is 0 Å². The van der Waals surface area contributed by atoms with Crippen molar-refractivity contribution in [3.05, 3.63) is 0 Å². The Kier molecular flexibility index (Phi) is 2.08. The third kappa shape index (κ3) is 5.92. The number of rotatable bonds is 4. The van der Waals surface area contributed by atoms with Gasteiger partial charge in [-0.25, -0.2) is 0 Å². The molecule has 0 spiro atoms. The molecule has 0 amide bonds. The molecular formula is C5H12O2. The Morgan fingerprint density at radius 3 is 1.71 bits per heavy atom. The van der Waals surface area contributed by atoms with Crippen molar-refractivity contribution in [2.45, 2.75) is 19.3 Å². The molecule has 0 saturated heterocycles. The molecule has 0 atom stereocenters. The van der Waals surface area contributed by atoms with Gasteiger partial charge < -0.3 is 10.2 Å². The van der Waals surface area contributed by atoms with E-state index < -0.39 is 13.1 Å². The number of hydrogen-bond donors (Lipinski definition) is 2. The molecule has 2 N–H and O–H groups in total.